The lowest BCUT2D eigenvalue weighted by atomic mass is 9.75. The number of ether oxygens (including phenoxy) is 3. The lowest BCUT2D eigenvalue weighted by Crippen LogP contribution is -2.54. The Morgan fingerprint density at radius 2 is 1.77 bits per heavy atom. The third kappa shape index (κ3) is 7.59. The van der Waals surface area contributed by atoms with E-state index in [1.54, 1.807) is 7.11 Å². The third-order valence-electron chi connectivity index (χ3n) is 8.53. The van der Waals surface area contributed by atoms with Crippen LogP contribution < -0.4 is 25.8 Å². The summed E-state index contributed by atoms with van der Waals surface area (Å²) < 4.78 is 18.1. The van der Waals surface area contributed by atoms with Gasteiger partial charge in [-0.05, 0) is 98.6 Å². The Morgan fingerprint density at radius 3 is 2.44 bits per heavy atom. The van der Waals surface area contributed by atoms with Crippen LogP contribution in [-0.2, 0) is 16.9 Å². The van der Waals surface area contributed by atoms with Crippen LogP contribution in [0.2, 0.25) is 0 Å². The zero-order chi connectivity index (χ0) is 28.0. The zero-order valence-corrected chi connectivity index (χ0v) is 24.3. The van der Waals surface area contributed by atoms with Crippen molar-refractivity contribution in [2.45, 2.75) is 97.1 Å². The van der Waals surface area contributed by atoms with Gasteiger partial charge in [-0.1, -0.05) is 45.4 Å². The van der Waals surface area contributed by atoms with Crippen molar-refractivity contribution in [1.29, 1.82) is 0 Å². The van der Waals surface area contributed by atoms with Crippen LogP contribution in [0.3, 0.4) is 0 Å². The smallest absolute Gasteiger partial charge is 0.409 e. The molecule has 0 spiro atoms. The fourth-order valence-electron chi connectivity index (χ4n) is 6.02. The number of hydrogen-bond donors (Lipinski definition) is 3. The summed E-state index contributed by atoms with van der Waals surface area (Å²) in [4.78, 5) is 13.5. The number of benzene rings is 2. The number of nitrogens with two attached hydrogens (primary N) is 1. The number of amides is 1. The molecule has 39 heavy (non-hydrogen) atoms. The molecule has 1 amide bonds. The van der Waals surface area contributed by atoms with Crippen LogP contribution in [0.15, 0.2) is 42.5 Å². The van der Waals surface area contributed by atoms with Gasteiger partial charge >= 0.3 is 6.09 Å². The standard InChI is InChI=1S/C32H47N3O4/c1-21(2)27-16-10-22(3)18-29(27)39-31(36)35-32(4,34-20-23-11-14-25(33)15-12-23)24-13-17-28(37-5)30(19-24)38-26-8-6-7-9-26/h11-15,17,19,21-22,26-27,29,34H,6-10,16,18,20,33H2,1-5H3,(H,35,36)/t22?,27?,29?,32-/m0/s1. The predicted molar refractivity (Wildman–Crippen MR) is 156 cm³/mol. The first-order valence-corrected chi connectivity index (χ1v) is 14.6. The van der Waals surface area contributed by atoms with Crippen LogP contribution in [-0.4, -0.2) is 25.4 Å². The van der Waals surface area contributed by atoms with Gasteiger partial charge in [0, 0.05) is 12.2 Å². The van der Waals surface area contributed by atoms with Gasteiger partial charge in [-0.3, -0.25) is 10.6 Å². The molecule has 4 atom stereocenters. The molecule has 0 bridgehead atoms. The molecule has 7 heteroatoms. The Balaban J connectivity index is 1.58. The summed E-state index contributed by atoms with van der Waals surface area (Å²) in [5.74, 6) is 2.75. The lowest BCUT2D eigenvalue weighted by molar-refractivity contribution is 0.00150. The average Bonchev–Trinajstić information content (AvgIpc) is 3.41. The molecule has 2 saturated carbocycles. The topological polar surface area (TPSA) is 94.8 Å². The van der Waals surface area contributed by atoms with Gasteiger partial charge in [0.2, 0.25) is 0 Å². The summed E-state index contributed by atoms with van der Waals surface area (Å²) in [5, 5.41) is 6.75. The fraction of sp³-hybridized carbons (Fsp3) is 0.594. The number of hydrogen-bond acceptors (Lipinski definition) is 6. The van der Waals surface area contributed by atoms with E-state index in [4.69, 9.17) is 19.9 Å². The van der Waals surface area contributed by atoms with Gasteiger partial charge in [0.05, 0.1) is 13.2 Å². The normalized spacial score (nSPS) is 23.3. The Morgan fingerprint density at radius 1 is 1.05 bits per heavy atom. The first kappa shape index (κ1) is 29.1. The van der Waals surface area contributed by atoms with Gasteiger partial charge in [0.15, 0.2) is 11.5 Å². The Kier molecular flexibility index (Phi) is 9.65. The highest BCUT2D eigenvalue weighted by atomic mass is 16.6. The van der Waals surface area contributed by atoms with Crippen LogP contribution >= 0.6 is 0 Å². The van der Waals surface area contributed by atoms with Crippen LogP contribution in [0.5, 0.6) is 11.5 Å². The molecular formula is C32H47N3O4. The summed E-state index contributed by atoms with van der Waals surface area (Å²) in [7, 11) is 1.65. The first-order valence-electron chi connectivity index (χ1n) is 14.6. The van der Waals surface area contributed by atoms with Gasteiger partial charge in [-0.15, -0.1) is 0 Å². The van der Waals surface area contributed by atoms with Crippen molar-refractivity contribution in [3.63, 3.8) is 0 Å². The zero-order valence-electron chi connectivity index (χ0n) is 24.3. The Bertz CT molecular complexity index is 1080. The fourth-order valence-corrected chi connectivity index (χ4v) is 6.02. The van der Waals surface area contributed by atoms with Gasteiger partial charge in [0.1, 0.15) is 11.8 Å². The first-order chi connectivity index (χ1) is 18.7. The highest BCUT2D eigenvalue weighted by Crippen LogP contribution is 2.37. The summed E-state index contributed by atoms with van der Waals surface area (Å²) in [6, 6.07) is 13.6. The number of nitrogen functional groups attached to an aromatic ring is 1. The molecule has 7 nitrogen and oxygen atoms in total. The van der Waals surface area contributed by atoms with Gasteiger partial charge in [-0.2, -0.15) is 0 Å². The van der Waals surface area contributed by atoms with Crippen molar-refractivity contribution in [2.24, 2.45) is 17.8 Å². The van der Waals surface area contributed by atoms with E-state index in [1.165, 1.54) is 19.3 Å². The monoisotopic (exact) mass is 537 g/mol. The van der Waals surface area contributed by atoms with E-state index >= 15 is 0 Å². The summed E-state index contributed by atoms with van der Waals surface area (Å²) >= 11 is 0. The number of methoxy groups -OCH3 is 1. The van der Waals surface area contributed by atoms with Crippen LogP contribution in [0.1, 0.15) is 83.8 Å². The second-order valence-corrected chi connectivity index (χ2v) is 12.0. The van der Waals surface area contributed by atoms with E-state index in [0.717, 1.165) is 36.8 Å². The molecule has 2 aliphatic rings. The Hall–Kier alpha value is -2.93. The van der Waals surface area contributed by atoms with Crippen LogP contribution in [0.25, 0.3) is 0 Å². The van der Waals surface area contributed by atoms with Crippen molar-refractivity contribution in [3.05, 3.63) is 53.6 Å². The minimum Gasteiger partial charge on any atom is -0.493 e. The van der Waals surface area contributed by atoms with E-state index in [9.17, 15) is 4.79 Å². The summed E-state index contributed by atoms with van der Waals surface area (Å²) in [5.41, 5.74) is 7.60. The van der Waals surface area contributed by atoms with Crippen molar-refractivity contribution in [3.8, 4) is 11.5 Å². The molecule has 0 aromatic heterocycles. The van der Waals surface area contributed by atoms with Gasteiger partial charge < -0.3 is 19.9 Å². The molecule has 2 fully saturated rings. The van der Waals surface area contributed by atoms with E-state index in [1.807, 2.05) is 49.4 Å². The van der Waals surface area contributed by atoms with Gasteiger partial charge in [0.25, 0.3) is 0 Å². The molecule has 0 heterocycles. The second kappa shape index (κ2) is 12.9. The Labute approximate surface area is 234 Å². The van der Waals surface area contributed by atoms with Crippen molar-refractivity contribution in [1.82, 2.24) is 10.6 Å². The largest absolute Gasteiger partial charge is 0.493 e. The molecular weight excluding hydrogens is 490 g/mol. The summed E-state index contributed by atoms with van der Waals surface area (Å²) in [6.07, 6.45) is 7.29. The van der Waals surface area contributed by atoms with Crippen molar-refractivity contribution in [2.75, 3.05) is 12.8 Å². The van der Waals surface area contributed by atoms with Crippen molar-refractivity contribution >= 4 is 11.8 Å². The number of carbonyl (C=O) groups excluding carboxylic acids is 1. The van der Waals surface area contributed by atoms with E-state index in [2.05, 4.69) is 31.4 Å². The average molecular weight is 538 g/mol. The third-order valence-corrected chi connectivity index (χ3v) is 8.53. The maximum absolute atomic E-state index is 13.5. The minimum atomic E-state index is -0.924. The van der Waals surface area contributed by atoms with E-state index < -0.39 is 11.8 Å². The predicted octanol–water partition coefficient (Wildman–Crippen LogP) is 6.75. The summed E-state index contributed by atoms with van der Waals surface area (Å²) in [6.45, 7) is 9.17. The number of carbonyl (C=O) groups is 1. The molecule has 3 unspecified atom stereocenters. The molecule has 0 saturated heterocycles. The number of nitrogens with one attached hydrogen (secondary N) is 2. The molecule has 2 aromatic carbocycles. The highest BCUT2D eigenvalue weighted by molar-refractivity contribution is 5.69. The van der Waals surface area contributed by atoms with E-state index in [-0.39, 0.29) is 12.2 Å². The van der Waals surface area contributed by atoms with Crippen LogP contribution in [0.4, 0.5) is 10.5 Å². The SMILES string of the molecule is COc1ccc([C@@](C)(NCc2ccc(N)cc2)NC(=O)OC2CC(C)CCC2C(C)C)cc1OC1CCCC1. The molecule has 0 radical (unpaired) electrons. The number of rotatable bonds is 10. The minimum absolute atomic E-state index is 0.0905. The maximum atomic E-state index is 13.5. The quantitative estimate of drug-likeness (QED) is 0.229. The van der Waals surface area contributed by atoms with Crippen molar-refractivity contribution < 1.29 is 19.0 Å². The molecule has 4 rings (SSSR count). The highest BCUT2D eigenvalue weighted by Gasteiger charge is 2.36. The molecule has 4 N–H and O–H groups in total. The molecule has 2 aromatic rings. The number of alkyl carbamates (subject to hydrolysis) is 1. The molecule has 0 aliphatic heterocycles. The maximum Gasteiger partial charge on any atom is 0.409 e. The van der Waals surface area contributed by atoms with E-state index in [0.29, 0.717) is 41.5 Å². The molecule has 2 aliphatic carbocycles. The second-order valence-electron chi connectivity index (χ2n) is 12.0. The van der Waals surface area contributed by atoms with Crippen LogP contribution in [0, 0.1) is 17.8 Å². The lowest BCUT2D eigenvalue weighted by Gasteiger charge is -2.38. The number of anilines is 1. The molecule has 214 valence electrons. The van der Waals surface area contributed by atoms with Gasteiger partial charge in [-0.25, -0.2) is 4.79 Å².